The number of aryl methyl sites for hydroxylation is 1. The van der Waals surface area contributed by atoms with Gasteiger partial charge in [0, 0.05) is 13.2 Å². The Hall–Kier alpha value is -1.58. The number of H-pyrrole nitrogens is 1. The van der Waals surface area contributed by atoms with E-state index in [1.54, 1.807) is 7.05 Å². The smallest absolute Gasteiger partial charge is 0.303 e. The van der Waals surface area contributed by atoms with Crippen molar-refractivity contribution in [3.8, 4) is 0 Å². The minimum absolute atomic E-state index is 0.395. The fourth-order valence-electron chi connectivity index (χ4n) is 0.729. The first-order valence-electron chi connectivity index (χ1n) is 5.49. The molecule has 0 fully saturated rings. The topological polar surface area (TPSA) is 54.9 Å². The molecule has 16 heavy (non-hydrogen) atoms. The van der Waals surface area contributed by atoms with E-state index in [0.29, 0.717) is 5.56 Å². The lowest BCUT2D eigenvalue weighted by molar-refractivity contribution is 0.796. The van der Waals surface area contributed by atoms with Crippen LogP contribution in [0.1, 0.15) is 39.7 Å². The van der Waals surface area contributed by atoms with Crippen LogP contribution in [0.2, 0.25) is 0 Å². The van der Waals surface area contributed by atoms with Crippen LogP contribution in [0, 0.1) is 0 Å². The monoisotopic (exact) mass is 226 g/mol. The maximum atomic E-state index is 10.9. The number of aromatic amines is 1. The molecule has 0 aliphatic heterocycles. The van der Waals surface area contributed by atoms with Crippen molar-refractivity contribution in [2.24, 2.45) is 7.05 Å². The van der Waals surface area contributed by atoms with E-state index in [-0.39, 0.29) is 0 Å². The molecule has 0 unspecified atom stereocenters. The summed E-state index contributed by atoms with van der Waals surface area (Å²) in [6.45, 7) is 11.7. The van der Waals surface area contributed by atoms with Crippen LogP contribution in [0.4, 0.5) is 0 Å². The fraction of sp³-hybridized carbons (Fsp3) is 0.500. The van der Waals surface area contributed by atoms with Gasteiger partial charge in [0.15, 0.2) is 0 Å². The molecule has 1 aromatic heterocycles. The van der Waals surface area contributed by atoms with Gasteiger partial charge in [0.25, 0.3) is 5.56 Å². The highest BCUT2D eigenvalue weighted by atomic mass is 16.2. The van der Waals surface area contributed by atoms with Crippen LogP contribution in [0.5, 0.6) is 0 Å². The number of nitrogens with one attached hydrogen (secondary N) is 1. The van der Waals surface area contributed by atoms with E-state index < -0.39 is 11.2 Å². The molecule has 0 atom stereocenters. The van der Waals surface area contributed by atoms with Crippen molar-refractivity contribution in [3.63, 3.8) is 0 Å². The molecule has 0 aromatic carbocycles. The summed E-state index contributed by atoms with van der Waals surface area (Å²) in [6.07, 6.45) is 4.09. The Morgan fingerprint density at radius 3 is 2.19 bits per heavy atom. The lowest BCUT2D eigenvalue weighted by Gasteiger charge is -1.95. The van der Waals surface area contributed by atoms with Gasteiger partial charge in [-0.25, -0.2) is 4.79 Å². The van der Waals surface area contributed by atoms with Gasteiger partial charge in [0.05, 0.1) is 5.56 Å². The second-order valence-electron chi connectivity index (χ2n) is 2.87. The molecular weight excluding hydrogens is 204 g/mol. The molecule has 0 amide bonds. The summed E-state index contributed by atoms with van der Waals surface area (Å²) in [6, 6.07) is 0. The minimum Gasteiger partial charge on any atom is -0.303 e. The molecule has 1 heterocycles. The number of aromatic nitrogens is 2. The van der Waals surface area contributed by atoms with E-state index in [1.165, 1.54) is 23.3 Å². The quantitative estimate of drug-likeness (QED) is 0.797. The third kappa shape index (κ3) is 6.01. The summed E-state index contributed by atoms with van der Waals surface area (Å²) in [5.41, 5.74) is -0.421. The largest absolute Gasteiger partial charge is 0.328 e. The molecular formula is C12H22N2O2. The van der Waals surface area contributed by atoms with E-state index in [2.05, 4.69) is 25.4 Å². The molecule has 4 nitrogen and oxygen atoms in total. The van der Waals surface area contributed by atoms with Crippen molar-refractivity contribution in [3.05, 3.63) is 39.2 Å². The van der Waals surface area contributed by atoms with Gasteiger partial charge in [-0.05, 0) is 0 Å². The first-order valence-corrected chi connectivity index (χ1v) is 5.49. The molecule has 0 saturated carbocycles. The summed E-state index contributed by atoms with van der Waals surface area (Å²) < 4.78 is 1.29. The Bertz CT molecular complexity index is 402. The molecule has 0 saturated heterocycles. The maximum absolute atomic E-state index is 10.9. The van der Waals surface area contributed by atoms with Gasteiger partial charge in [0.2, 0.25) is 0 Å². The van der Waals surface area contributed by atoms with Crippen LogP contribution in [0.15, 0.2) is 22.4 Å². The Balaban J connectivity index is 0. The molecule has 1 N–H and O–H groups in total. The number of nitrogens with zero attached hydrogens (tertiary/aromatic N) is 1. The summed E-state index contributed by atoms with van der Waals surface area (Å²) in [5.74, 6) is 0. The molecule has 0 bridgehead atoms. The van der Waals surface area contributed by atoms with E-state index >= 15 is 0 Å². The highest BCUT2D eigenvalue weighted by molar-refractivity contribution is 5.43. The van der Waals surface area contributed by atoms with Gasteiger partial charge >= 0.3 is 5.69 Å². The van der Waals surface area contributed by atoms with Crippen molar-refractivity contribution in [2.45, 2.75) is 34.1 Å². The van der Waals surface area contributed by atoms with E-state index in [0.717, 1.165) is 0 Å². The molecule has 1 rings (SSSR count). The summed E-state index contributed by atoms with van der Waals surface area (Å²) in [5, 5.41) is 0. The normalized spacial score (nSPS) is 8.06. The van der Waals surface area contributed by atoms with E-state index in [1.807, 2.05) is 13.8 Å². The Labute approximate surface area is 96.6 Å². The Morgan fingerprint density at radius 1 is 1.38 bits per heavy atom. The highest BCUT2D eigenvalue weighted by Crippen LogP contribution is 1.85. The zero-order chi connectivity index (χ0) is 13.1. The summed E-state index contributed by atoms with van der Waals surface area (Å²) >= 11 is 0. The van der Waals surface area contributed by atoms with Gasteiger partial charge in [-0.3, -0.25) is 9.78 Å². The van der Waals surface area contributed by atoms with Gasteiger partial charge in [-0.15, -0.1) is 0 Å². The Morgan fingerprint density at radius 2 is 1.81 bits per heavy atom. The molecule has 0 spiro atoms. The average Bonchev–Trinajstić information content (AvgIpc) is 2.27. The predicted octanol–water partition coefficient (Wildman–Crippen LogP) is 2.16. The molecule has 0 aliphatic carbocycles. The summed E-state index contributed by atoms with van der Waals surface area (Å²) in [7, 11) is 1.56. The number of hydrogen-bond donors (Lipinski definition) is 1. The fourth-order valence-corrected chi connectivity index (χ4v) is 0.729. The van der Waals surface area contributed by atoms with Crippen LogP contribution in [0.25, 0.3) is 6.08 Å². The molecule has 0 aliphatic rings. The minimum atomic E-state index is -0.416. The number of rotatable bonds is 1. The maximum Gasteiger partial charge on any atom is 0.328 e. The second kappa shape index (κ2) is 9.96. The Kier molecular flexibility index (Phi) is 10.5. The van der Waals surface area contributed by atoms with Crippen LogP contribution >= 0.6 is 0 Å². The van der Waals surface area contributed by atoms with Crippen molar-refractivity contribution < 1.29 is 0 Å². The average molecular weight is 226 g/mol. The van der Waals surface area contributed by atoms with Crippen molar-refractivity contribution >= 4 is 6.08 Å². The van der Waals surface area contributed by atoms with Crippen molar-refractivity contribution in [1.82, 2.24) is 9.55 Å². The van der Waals surface area contributed by atoms with Gasteiger partial charge in [0.1, 0.15) is 0 Å². The first-order chi connectivity index (χ1) is 7.56. The highest BCUT2D eigenvalue weighted by Gasteiger charge is 1.95. The van der Waals surface area contributed by atoms with Gasteiger partial charge < -0.3 is 4.57 Å². The zero-order valence-corrected chi connectivity index (χ0v) is 10.8. The van der Waals surface area contributed by atoms with Gasteiger partial charge in [-0.2, -0.15) is 0 Å². The second-order valence-corrected chi connectivity index (χ2v) is 2.87. The molecule has 0 radical (unpaired) electrons. The van der Waals surface area contributed by atoms with Crippen molar-refractivity contribution in [1.29, 1.82) is 0 Å². The predicted molar refractivity (Wildman–Crippen MR) is 69.7 cm³/mol. The van der Waals surface area contributed by atoms with Crippen molar-refractivity contribution in [2.75, 3.05) is 0 Å². The van der Waals surface area contributed by atoms with Gasteiger partial charge in [-0.1, -0.05) is 46.8 Å². The van der Waals surface area contributed by atoms with Crippen LogP contribution in [0.3, 0.4) is 0 Å². The standard InChI is InChI=1S/C7H8N2O2.C3H8.C2H6/c1-3-5-4-9(2)7(11)8-6(5)10;1-3-2;1-2/h3-4H,1H2,2H3,(H,8,10,11);3H2,1-2H3;1-2H3. The lowest BCUT2D eigenvalue weighted by Crippen LogP contribution is -2.28. The summed E-state index contributed by atoms with van der Waals surface area (Å²) in [4.78, 5) is 23.8. The third-order valence-electron chi connectivity index (χ3n) is 1.36. The molecule has 92 valence electrons. The van der Waals surface area contributed by atoms with Crippen LogP contribution < -0.4 is 11.2 Å². The SMILES string of the molecule is C=Cc1cn(C)c(=O)[nH]c1=O.CC.CCC. The molecule has 1 aromatic rings. The van der Waals surface area contributed by atoms with E-state index in [9.17, 15) is 9.59 Å². The van der Waals surface area contributed by atoms with Crippen LogP contribution in [-0.4, -0.2) is 9.55 Å². The van der Waals surface area contributed by atoms with Crippen LogP contribution in [-0.2, 0) is 7.05 Å². The molecule has 4 heteroatoms. The first kappa shape index (κ1) is 16.8. The number of hydrogen-bond acceptors (Lipinski definition) is 2. The lowest BCUT2D eigenvalue weighted by atomic mass is 10.3. The third-order valence-corrected chi connectivity index (χ3v) is 1.36. The van der Waals surface area contributed by atoms with E-state index in [4.69, 9.17) is 0 Å². The zero-order valence-electron chi connectivity index (χ0n) is 10.8.